The summed E-state index contributed by atoms with van der Waals surface area (Å²) >= 11 is 0. The van der Waals surface area contributed by atoms with Gasteiger partial charge >= 0.3 is 0 Å². The van der Waals surface area contributed by atoms with Gasteiger partial charge in [-0.25, -0.2) is 8.42 Å². The lowest BCUT2D eigenvalue weighted by Crippen LogP contribution is -2.61. The molecule has 0 amide bonds. The molecule has 1 unspecified atom stereocenters. The van der Waals surface area contributed by atoms with Gasteiger partial charge in [0, 0.05) is 10.9 Å². The van der Waals surface area contributed by atoms with Crippen LogP contribution in [0.2, 0.25) is 0 Å². The third-order valence-corrected chi connectivity index (χ3v) is 8.54. The van der Waals surface area contributed by atoms with Crippen LogP contribution in [-0.2, 0) is 41.6 Å². The van der Waals surface area contributed by atoms with Crippen molar-refractivity contribution < 1.29 is 52.2 Å². The lowest BCUT2D eigenvalue weighted by molar-refractivity contribution is -0.291. The molecular formula is C18H26O11S2. The first-order valence-corrected chi connectivity index (χ1v) is 12.5. The minimum atomic E-state index is -5.25. The van der Waals surface area contributed by atoms with E-state index in [1.54, 1.807) is 24.3 Å². The third-order valence-electron chi connectivity index (χ3n) is 5.27. The molecule has 1 aromatic carbocycles. The highest BCUT2D eigenvalue weighted by Crippen LogP contribution is 2.31. The van der Waals surface area contributed by atoms with E-state index < -0.39 is 76.1 Å². The topological polar surface area (TPSA) is 186 Å². The molecule has 2 aliphatic heterocycles. The lowest BCUT2D eigenvalue weighted by atomic mass is 10.00. The smallest absolute Gasteiger partial charge is 0.218 e. The molecule has 1 aromatic rings. The normalized spacial score (nSPS) is 39.0. The zero-order chi connectivity index (χ0) is 22.8. The van der Waals surface area contributed by atoms with Gasteiger partial charge < -0.3 is 39.6 Å². The molecular weight excluding hydrogens is 456 g/mol. The highest BCUT2D eigenvalue weighted by Gasteiger charge is 2.54. The third kappa shape index (κ3) is 6.15. The zero-order valence-corrected chi connectivity index (χ0v) is 18.0. The van der Waals surface area contributed by atoms with Crippen molar-refractivity contribution in [2.24, 2.45) is 0 Å². The Morgan fingerprint density at radius 2 is 1.77 bits per heavy atom. The van der Waals surface area contributed by atoms with Crippen LogP contribution in [0, 0.1) is 0 Å². The number of ether oxygens (including phenoxy) is 2. The highest BCUT2D eigenvalue weighted by atomic mass is 32.3. The van der Waals surface area contributed by atoms with Crippen LogP contribution in [0.25, 0.3) is 0 Å². The van der Waals surface area contributed by atoms with E-state index in [1.165, 1.54) is 0 Å². The van der Waals surface area contributed by atoms with E-state index in [1.807, 2.05) is 6.07 Å². The SMILES string of the molecule is O=S(=O)([O-])O[C@H]1[C@H](O)[C@@H](O)[C@H](OCc2ccccc2)O[C@@H]1C[S+]1C[C@@H](O)[C@H](O)[C@H]1CO. The van der Waals surface area contributed by atoms with Crippen LogP contribution in [0.1, 0.15) is 5.56 Å². The summed E-state index contributed by atoms with van der Waals surface area (Å²) in [6.45, 7) is -0.408. The van der Waals surface area contributed by atoms with Gasteiger partial charge in [0.15, 0.2) is 11.5 Å². The summed E-state index contributed by atoms with van der Waals surface area (Å²) in [5.74, 6) is 0.0613. The summed E-state index contributed by atoms with van der Waals surface area (Å²) in [5.41, 5.74) is 0.758. The van der Waals surface area contributed by atoms with Gasteiger partial charge in [-0.1, -0.05) is 30.3 Å². The average Bonchev–Trinajstić information content (AvgIpc) is 2.99. The number of benzene rings is 1. The Labute approximate surface area is 182 Å². The van der Waals surface area contributed by atoms with E-state index in [0.717, 1.165) is 5.56 Å². The zero-order valence-electron chi connectivity index (χ0n) is 16.3. The summed E-state index contributed by atoms with van der Waals surface area (Å²) in [7, 11) is -6.10. The Morgan fingerprint density at radius 1 is 1.10 bits per heavy atom. The molecule has 176 valence electrons. The molecule has 2 aliphatic rings. The number of aliphatic hydroxyl groups is 5. The Balaban J connectivity index is 1.77. The Kier molecular flexibility index (Phi) is 8.32. The van der Waals surface area contributed by atoms with Crippen LogP contribution in [-0.4, -0.2) is 105 Å². The highest BCUT2D eigenvalue weighted by molar-refractivity contribution is 7.97. The van der Waals surface area contributed by atoms with Crippen LogP contribution in [0.4, 0.5) is 0 Å². The molecule has 0 bridgehead atoms. The van der Waals surface area contributed by atoms with Gasteiger partial charge in [0.1, 0.15) is 48.1 Å². The maximum atomic E-state index is 11.2. The summed E-state index contributed by atoms with van der Waals surface area (Å²) in [6, 6.07) is 8.92. The van der Waals surface area contributed by atoms with Crippen LogP contribution in [0.3, 0.4) is 0 Å². The molecule has 11 nitrogen and oxygen atoms in total. The van der Waals surface area contributed by atoms with Crippen molar-refractivity contribution in [3.63, 3.8) is 0 Å². The van der Waals surface area contributed by atoms with E-state index in [9.17, 15) is 38.5 Å². The average molecular weight is 483 g/mol. The maximum Gasteiger partial charge on any atom is 0.218 e. The molecule has 9 atom stereocenters. The molecule has 0 aliphatic carbocycles. The second-order valence-corrected chi connectivity index (χ2v) is 10.8. The van der Waals surface area contributed by atoms with E-state index in [-0.39, 0.29) is 18.1 Å². The van der Waals surface area contributed by atoms with Gasteiger partial charge in [-0.15, -0.1) is 0 Å². The van der Waals surface area contributed by atoms with Gasteiger partial charge in [-0.2, -0.15) is 0 Å². The summed E-state index contributed by atoms with van der Waals surface area (Å²) < 4.78 is 49.2. The molecule has 31 heavy (non-hydrogen) atoms. The predicted molar refractivity (Wildman–Crippen MR) is 106 cm³/mol. The lowest BCUT2D eigenvalue weighted by Gasteiger charge is -2.41. The van der Waals surface area contributed by atoms with Crippen molar-refractivity contribution in [3.05, 3.63) is 35.9 Å². The molecule has 0 saturated carbocycles. The largest absolute Gasteiger partial charge is 0.726 e. The molecule has 3 rings (SSSR count). The first-order chi connectivity index (χ1) is 14.6. The molecule has 5 N–H and O–H groups in total. The molecule has 0 radical (unpaired) electrons. The standard InChI is InChI=1S/C18H26O11S2/c19-6-13-14(21)11(20)8-30(13)9-12-17(29-31(24,25)26)15(22)16(23)18(28-12)27-7-10-4-2-1-3-5-10/h1-5,11-23H,6-9H2/t11-,12-,13-,14+,15-,16-,17-,18-,30?/m1/s1. The Hall–Kier alpha value is -0.840. The van der Waals surface area contributed by atoms with Gasteiger partial charge in [0.25, 0.3) is 0 Å². The van der Waals surface area contributed by atoms with Crippen molar-refractivity contribution in [2.75, 3.05) is 18.1 Å². The second kappa shape index (κ2) is 10.4. The van der Waals surface area contributed by atoms with Crippen molar-refractivity contribution in [2.45, 2.75) is 54.8 Å². The quantitative estimate of drug-likeness (QED) is 0.146. The van der Waals surface area contributed by atoms with Gasteiger partial charge in [0.05, 0.1) is 13.2 Å². The van der Waals surface area contributed by atoms with Crippen LogP contribution in [0.5, 0.6) is 0 Å². The second-order valence-electron chi connectivity index (χ2n) is 7.44. The number of hydrogen-bond acceptors (Lipinski definition) is 11. The molecule has 2 fully saturated rings. The Bertz CT molecular complexity index is 808. The molecule has 2 saturated heterocycles. The fourth-order valence-electron chi connectivity index (χ4n) is 3.69. The van der Waals surface area contributed by atoms with Crippen LogP contribution in [0.15, 0.2) is 30.3 Å². The minimum absolute atomic E-state index is 0.0236. The fraction of sp³-hybridized carbons (Fsp3) is 0.667. The van der Waals surface area contributed by atoms with Crippen LogP contribution < -0.4 is 0 Å². The minimum Gasteiger partial charge on any atom is -0.726 e. The molecule has 0 spiro atoms. The van der Waals surface area contributed by atoms with Crippen molar-refractivity contribution in [1.82, 2.24) is 0 Å². The number of hydrogen-bond donors (Lipinski definition) is 5. The Morgan fingerprint density at radius 3 is 2.39 bits per heavy atom. The van der Waals surface area contributed by atoms with Gasteiger partial charge in [-0.05, 0) is 5.56 Å². The van der Waals surface area contributed by atoms with E-state index in [4.69, 9.17) is 9.47 Å². The van der Waals surface area contributed by atoms with Crippen molar-refractivity contribution in [1.29, 1.82) is 0 Å². The van der Waals surface area contributed by atoms with E-state index in [0.29, 0.717) is 0 Å². The van der Waals surface area contributed by atoms with Crippen LogP contribution >= 0.6 is 0 Å². The number of rotatable bonds is 8. The number of aliphatic hydroxyl groups excluding tert-OH is 5. The maximum absolute atomic E-state index is 11.2. The molecule has 13 heteroatoms. The van der Waals surface area contributed by atoms with Crippen molar-refractivity contribution >= 4 is 21.3 Å². The first kappa shape index (κ1) is 24.8. The molecule has 0 aromatic heterocycles. The fourth-order valence-corrected chi connectivity index (χ4v) is 6.94. The van der Waals surface area contributed by atoms with E-state index in [2.05, 4.69) is 4.18 Å². The first-order valence-electron chi connectivity index (χ1n) is 9.55. The summed E-state index contributed by atoms with van der Waals surface area (Å²) in [4.78, 5) is 0. The van der Waals surface area contributed by atoms with Crippen molar-refractivity contribution in [3.8, 4) is 0 Å². The van der Waals surface area contributed by atoms with Gasteiger partial charge in [0.2, 0.25) is 10.4 Å². The molecule has 2 heterocycles. The summed E-state index contributed by atoms with van der Waals surface area (Å²) in [6.07, 6.45) is -10.1. The van der Waals surface area contributed by atoms with E-state index >= 15 is 0 Å². The predicted octanol–water partition coefficient (Wildman–Crippen LogP) is -2.79. The monoisotopic (exact) mass is 482 g/mol. The van der Waals surface area contributed by atoms with Gasteiger partial charge in [-0.3, -0.25) is 4.18 Å². The summed E-state index contributed by atoms with van der Waals surface area (Å²) in [5, 5.41) is 49.6.